The summed E-state index contributed by atoms with van der Waals surface area (Å²) in [5, 5.41) is 0.135. The number of hydrogen-bond acceptors (Lipinski definition) is 3. The summed E-state index contributed by atoms with van der Waals surface area (Å²) in [6, 6.07) is 12.0. The van der Waals surface area contributed by atoms with Gasteiger partial charge in [0.05, 0.1) is 5.02 Å². The molecule has 0 atom stereocenters. The van der Waals surface area contributed by atoms with Gasteiger partial charge in [0, 0.05) is 31.4 Å². The van der Waals surface area contributed by atoms with Gasteiger partial charge in [0.15, 0.2) is 0 Å². The third-order valence-corrected chi connectivity index (χ3v) is 7.18. The first kappa shape index (κ1) is 19.9. The molecule has 1 heterocycles. The van der Waals surface area contributed by atoms with E-state index >= 15 is 0 Å². The van der Waals surface area contributed by atoms with Gasteiger partial charge < -0.3 is 4.90 Å². The molecule has 2 aromatic rings. The summed E-state index contributed by atoms with van der Waals surface area (Å²) in [5.41, 5.74) is 2.07. The molecule has 0 unspecified atom stereocenters. The molecule has 5 nitrogen and oxygen atoms in total. The van der Waals surface area contributed by atoms with Crippen molar-refractivity contribution in [2.24, 2.45) is 0 Å². The summed E-state index contributed by atoms with van der Waals surface area (Å²) in [7, 11) is -2.04. The molecule has 0 bridgehead atoms. The fraction of sp³-hybridized carbons (Fsp3) is 0.350. The monoisotopic (exact) mass is 406 g/mol. The van der Waals surface area contributed by atoms with E-state index in [4.69, 9.17) is 11.6 Å². The van der Waals surface area contributed by atoms with Gasteiger partial charge in [0.1, 0.15) is 4.90 Å². The van der Waals surface area contributed by atoms with Gasteiger partial charge in [-0.05, 0) is 55.7 Å². The second kappa shape index (κ2) is 8.00. The average molecular weight is 407 g/mol. The Balaban J connectivity index is 1.94. The molecule has 0 aromatic heterocycles. The summed E-state index contributed by atoms with van der Waals surface area (Å²) >= 11 is 6.19. The Hall–Kier alpha value is -1.89. The van der Waals surface area contributed by atoms with Gasteiger partial charge in [0.2, 0.25) is 10.0 Å². The molecule has 0 radical (unpaired) electrons. The number of amides is 1. The van der Waals surface area contributed by atoms with Crippen LogP contribution in [0.15, 0.2) is 47.4 Å². The number of piperidine rings is 1. The predicted octanol–water partition coefficient (Wildman–Crippen LogP) is 4.10. The van der Waals surface area contributed by atoms with Crippen molar-refractivity contribution in [1.82, 2.24) is 4.31 Å². The Morgan fingerprint density at radius 1 is 1.07 bits per heavy atom. The molecule has 3 rings (SSSR count). The normalized spacial score (nSPS) is 15.5. The van der Waals surface area contributed by atoms with E-state index < -0.39 is 10.0 Å². The first-order valence-electron chi connectivity index (χ1n) is 8.95. The van der Waals surface area contributed by atoms with Gasteiger partial charge in [-0.3, -0.25) is 4.79 Å². The standard InChI is InChI=1S/C20H23ClN2O3S/c1-15-7-6-8-17(13-15)22(2)20(24)16-9-10-18(21)19(14-16)27(25,26)23-11-4-3-5-12-23/h6-10,13-14H,3-5,11-12H2,1-2H3. The number of halogens is 1. The van der Waals surface area contributed by atoms with Gasteiger partial charge in [-0.25, -0.2) is 8.42 Å². The van der Waals surface area contributed by atoms with E-state index in [1.54, 1.807) is 13.1 Å². The van der Waals surface area contributed by atoms with Crippen molar-refractivity contribution in [1.29, 1.82) is 0 Å². The molecule has 0 N–H and O–H groups in total. The van der Waals surface area contributed by atoms with Crippen molar-refractivity contribution in [3.05, 3.63) is 58.6 Å². The molecular weight excluding hydrogens is 384 g/mol. The molecule has 7 heteroatoms. The van der Waals surface area contributed by atoms with E-state index in [-0.39, 0.29) is 15.8 Å². The number of carbonyl (C=O) groups excluding carboxylic acids is 1. The number of carbonyl (C=O) groups is 1. The minimum Gasteiger partial charge on any atom is -0.311 e. The van der Waals surface area contributed by atoms with Gasteiger partial charge in [-0.1, -0.05) is 30.2 Å². The Morgan fingerprint density at radius 2 is 1.78 bits per heavy atom. The highest BCUT2D eigenvalue weighted by Gasteiger charge is 2.29. The Labute approximate surface area is 165 Å². The summed E-state index contributed by atoms with van der Waals surface area (Å²) in [6.07, 6.45) is 2.71. The van der Waals surface area contributed by atoms with Crippen molar-refractivity contribution in [2.75, 3.05) is 25.0 Å². The first-order valence-corrected chi connectivity index (χ1v) is 10.8. The van der Waals surface area contributed by atoms with Crippen LogP contribution in [-0.4, -0.2) is 38.8 Å². The van der Waals surface area contributed by atoms with E-state index in [2.05, 4.69) is 0 Å². The minimum absolute atomic E-state index is 0.00504. The maximum absolute atomic E-state index is 13.0. The van der Waals surface area contributed by atoms with Crippen LogP contribution < -0.4 is 4.90 Å². The Bertz CT molecular complexity index is 953. The van der Waals surface area contributed by atoms with E-state index in [1.165, 1.54) is 21.3 Å². The third kappa shape index (κ3) is 4.18. The lowest BCUT2D eigenvalue weighted by Crippen LogP contribution is -2.36. The summed E-state index contributed by atoms with van der Waals surface area (Å²) in [4.78, 5) is 14.4. The van der Waals surface area contributed by atoms with Crippen LogP contribution in [0.1, 0.15) is 35.2 Å². The van der Waals surface area contributed by atoms with Crippen LogP contribution >= 0.6 is 11.6 Å². The van der Waals surface area contributed by atoms with Crippen LogP contribution in [0, 0.1) is 6.92 Å². The molecule has 0 saturated carbocycles. The highest BCUT2D eigenvalue weighted by molar-refractivity contribution is 7.89. The molecule has 1 aliphatic heterocycles. The second-order valence-corrected chi connectivity index (χ2v) is 9.13. The second-order valence-electron chi connectivity index (χ2n) is 6.81. The van der Waals surface area contributed by atoms with Crippen LogP contribution in [0.25, 0.3) is 0 Å². The number of hydrogen-bond donors (Lipinski definition) is 0. The van der Waals surface area contributed by atoms with Gasteiger partial charge in [-0.2, -0.15) is 4.31 Å². The van der Waals surface area contributed by atoms with Crippen molar-refractivity contribution in [2.45, 2.75) is 31.1 Å². The Kier molecular flexibility index (Phi) is 5.89. The molecule has 1 amide bonds. The highest BCUT2D eigenvalue weighted by atomic mass is 35.5. The number of sulfonamides is 1. The average Bonchev–Trinajstić information content (AvgIpc) is 2.67. The summed E-state index contributed by atoms with van der Waals surface area (Å²) in [6.45, 7) is 2.92. The molecule has 144 valence electrons. The number of anilines is 1. The summed E-state index contributed by atoms with van der Waals surface area (Å²) in [5.74, 6) is -0.285. The van der Waals surface area contributed by atoms with Crippen LogP contribution in [0.4, 0.5) is 5.69 Å². The SMILES string of the molecule is Cc1cccc(N(C)C(=O)c2ccc(Cl)c(S(=O)(=O)N3CCCCC3)c2)c1. The number of rotatable bonds is 4. The fourth-order valence-electron chi connectivity index (χ4n) is 3.23. The molecule has 1 saturated heterocycles. The lowest BCUT2D eigenvalue weighted by Gasteiger charge is -2.26. The highest BCUT2D eigenvalue weighted by Crippen LogP contribution is 2.28. The van der Waals surface area contributed by atoms with E-state index in [0.29, 0.717) is 18.7 Å². The lowest BCUT2D eigenvalue weighted by atomic mass is 10.1. The van der Waals surface area contributed by atoms with Crippen molar-refractivity contribution in [3.8, 4) is 0 Å². The predicted molar refractivity (Wildman–Crippen MR) is 108 cm³/mol. The third-order valence-electron chi connectivity index (χ3n) is 4.80. The van der Waals surface area contributed by atoms with Crippen molar-refractivity contribution >= 4 is 33.2 Å². The van der Waals surface area contributed by atoms with Gasteiger partial charge in [0.25, 0.3) is 5.91 Å². The van der Waals surface area contributed by atoms with Crippen LogP contribution in [0.5, 0.6) is 0 Å². The minimum atomic E-state index is -3.72. The smallest absolute Gasteiger partial charge is 0.258 e. The van der Waals surface area contributed by atoms with Crippen molar-refractivity contribution < 1.29 is 13.2 Å². The largest absolute Gasteiger partial charge is 0.311 e. The zero-order valence-electron chi connectivity index (χ0n) is 15.5. The van der Waals surface area contributed by atoms with E-state index in [9.17, 15) is 13.2 Å². The lowest BCUT2D eigenvalue weighted by molar-refractivity contribution is 0.0993. The van der Waals surface area contributed by atoms with Crippen LogP contribution in [-0.2, 0) is 10.0 Å². The molecule has 2 aromatic carbocycles. The van der Waals surface area contributed by atoms with E-state index in [0.717, 1.165) is 30.5 Å². The van der Waals surface area contributed by atoms with Gasteiger partial charge >= 0.3 is 0 Å². The zero-order chi connectivity index (χ0) is 19.6. The molecule has 1 aliphatic rings. The maximum Gasteiger partial charge on any atom is 0.258 e. The topological polar surface area (TPSA) is 57.7 Å². The van der Waals surface area contributed by atoms with Crippen LogP contribution in [0.2, 0.25) is 5.02 Å². The molecule has 1 fully saturated rings. The van der Waals surface area contributed by atoms with E-state index in [1.807, 2.05) is 31.2 Å². The fourth-order valence-corrected chi connectivity index (χ4v) is 5.24. The molecular formula is C20H23ClN2O3S. The number of benzene rings is 2. The van der Waals surface area contributed by atoms with Crippen LogP contribution in [0.3, 0.4) is 0 Å². The molecule has 0 spiro atoms. The quantitative estimate of drug-likeness (QED) is 0.768. The summed E-state index contributed by atoms with van der Waals surface area (Å²) < 4.78 is 27.4. The number of nitrogens with zero attached hydrogens (tertiary/aromatic N) is 2. The van der Waals surface area contributed by atoms with Gasteiger partial charge in [-0.15, -0.1) is 0 Å². The Morgan fingerprint density at radius 3 is 2.44 bits per heavy atom. The maximum atomic E-state index is 13.0. The molecule has 0 aliphatic carbocycles. The molecule has 27 heavy (non-hydrogen) atoms. The zero-order valence-corrected chi connectivity index (χ0v) is 17.1. The number of aryl methyl sites for hydroxylation is 1. The van der Waals surface area contributed by atoms with Crippen molar-refractivity contribution in [3.63, 3.8) is 0 Å². The first-order chi connectivity index (χ1) is 12.8.